The summed E-state index contributed by atoms with van der Waals surface area (Å²) < 4.78 is 12.7. The third-order valence-corrected chi connectivity index (χ3v) is 2.95. The lowest BCUT2D eigenvalue weighted by atomic mass is 10.0. The van der Waals surface area contributed by atoms with Crippen LogP contribution in [0.15, 0.2) is 35.9 Å². The third kappa shape index (κ3) is 1.98. The molecule has 1 aliphatic carbocycles. The summed E-state index contributed by atoms with van der Waals surface area (Å²) in [6, 6.07) is 6.17. The average Bonchev–Trinajstić information content (AvgIpc) is 2.50. The van der Waals surface area contributed by atoms with E-state index in [4.69, 9.17) is 0 Å². The highest BCUT2D eigenvalue weighted by atomic mass is 19.1. The Morgan fingerprint density at radius 1 is 1.25 bits per heavy atom. The second-order valence-electron chi connectivity index (χ2n) is 4.18. The SMILES string of the molecule is CC1=C[C@@H](Nc2ccc(F)cc2)[C@H](C)C1=O. The number of carbonyl (C=O) groups excluding carboxylic acids is 1. The molecule has 3 heteroatoms. The normalized spacial score (nSPS) is 24.4. The summed E-state index contributed by atoms with van der Waals surface area (Å²) in [7, 11) is 0. The number of benzene rings is 1. The molecule has 0 heterocycles. The molecule has 0 aliphatic heterocycles. The van der Waals surface area contributed by atoms with Crippen molar-refractivity contribution in [3.8, 4) is 0 Å². The van der Waals surface area contributed by atoms with E-state index in [2.05, 4.69) is 5.32 Å². The number of hydrogen-bond acceptors (Lipinski definition) is 2. The number of hydrogen-bond donors (Lipinski definition) is 1. The first kappa shape index (κ1) is 10.9. The Morgan fingerprint density at radius 2 is 1.88 bits per heavy atom. The topological polar surface area (TPSA) is 29.1 Å². The zero-order valence-corrected chi connectivity index (χ0v) is 9.33. The molecule has 0 saturated carbocycles. The van der Waals surface area contributed by atoms with E-state index in [1.54, 1.807) is 12.1 Å². The summed E-state index contributed by atoms with van der Waals surface area (Å²) in [5.41, 5.74) is 1.63. The summed E-state index contributed by atoms with van der Waals surface area (Å²) in [6.07, 6.45) is 1.93. The van der Waals surface area contributed by atoms with Gasteiger partial charge in [0.25, 0.3) is 0 Å². The zero-order valence-electron chi connectivity index (χ0n) is 9.33. The second kappa shape index (κ2) is 4.08. The number of Topliss-reactive ketones (excluding diaryl/α,β-unsaturated/α-hetero) is 1. The molecule has 0 saturated heterocycles. The Hall–Kier alpha value is -1.64. The molecular weight excluding hydrogens is 205 g/mol. The van der Waals surface area contributed by atoms with E-state index in [1.807, 2.05) is 19.9 Å². The van der Waals surface area contributed by atoms with Gasteiger partial charge in [0.1, 0.15) is 5.82 Å². The molecule has 0 spiro atoms. The van der Waals surface area contributed by atoms with Crippen molar-refractivity contribution in [3.05, 3.63) is 41.7 Å². The maximum Gasteiger partial charge on any atom is 0.163 e. The van der Waals surface area contributed by atoms with Gasteiger partial charge in [0.15, 0.2) is 5.78 Å². The fraction of sp³-hybridized carbons (Fsp3) is 0.308. The summed E-state index contributed by atoms with van der Waals surface area (Å²) in [5, 5.41) is 3.21. The minimum absolute atomic E-state index is 0.0120. The van der Waals surface area contributed by atoms with Crippen LogP contribution in [-0.2, 0) is 4.79 Å². The summed E-state index contributed by atoms with van der Waals surface area (Å²) >= 11 is 0. The van der Waals surface area contributed by atoms with Crippen molar-refractivity contribution in [1.29, 1.82) is 0 Å². The van der Waals surface area contributed by atoms with Gasteiger partial charge in [-0.25, -0.2) is 4.39 Å². The van der Waals surface area contributed by atoms with Gasteiger partial charge in [0.2, 0.25) is 0 Å². The molecule has 16 heavy (non-hydrogen) atoms. The molecule has 0 bridgehead atoms. The van der Waals surface area contributed by atoms with Crippen molar-refractivity contribution in [2.75, 3.05) is 5.32 Å². The Bertz CT molecular complexity index is 436. The number of anilines is 1. The van der Waals surface area contributed by atoms with E-state index in [0.29, 0.717) is 0 Å². The number of ketones is 1. The zero-order chi connectivity index (χ0) is 11.7. The summed E-state index contributed by atoms with van der Waals surface area (Å²) in [6.45, 7) is 3.72. The number of rotatable bonds is 2. The van der Waals surface area contributed by atoms with Crippen LogP contribution in [0.4, 0.5) is 10.1 Å². The van der Waals surface area contributed by atoms with Gasteiger partial charge < -0.3 is 5.32 Å². The molecule has 1 N–H and O–H groups in total. The van der Waals surface area contributed by atoms with Crippen LogP contribution in [0.2, 0.25) is 0 Å². The van der Waals surface area contributed by atoms with Gasteiger partial charge in [0.05, 0.1) is 6.04 Å². The lowest BCUT2D eigenvalue weighted by Gasteiger charge is -2.16. The monoisotopic (exact) mass is 219 g/mol. The standard InChI is InChI=1S/C13H14FNO/c1-8-7-12(9(2)13(8)16)15-11-5-3-10(14)4-6-11/h3-7,9,12,15H,1-2H3/t9-,12+/m0/s1. The van der Waals surface area contributed by atoms with Crippen LogP contribution >= 0.6 is 0 Å². The van der Waals surface area contributed by atoms with Crippen molar-refractivity contribution in [3.63, 3.8) is 0 Å². The van der Waals surface area contributed by atoms with Crippen molar-refractivity contribution in [2.45, 2.75) is 19.9 Å². The first-order chi connectivity index (χ1) is 7.58. The molecule has 0 radical (unpaired) electrons. The largest absolute Gasteiger partial charge is 0.378 e. The summed E-state index contributed by atoms with van der Waals surface area (Å²) in [4.78, 5) is 11.6. The van der Waals surface area contributed by atoms with Gasteiger partial charge in [-0.3, -0.25) is 4.79 Å². The van der Waals surface area contributed by atoms with Crippen LogP contribution in [0.3, 0.4) is 0 Å². The van der Waals surface area contributed by atoms with E-state index in [-0.39, 0.29) is 23.6 Å². The lowest BCUT2D eigenvalue weighted by Crippen LogP contribution is -2.25. The van der Waals surface area contributed by atoms with Crippen molar-refractivity contribution in [1.82, 2.24) is 0 Å². The fourth-order valence-corrected chi connectivity index (χ4v) is 1.92. The van der Waals surface area contributed by atoms with Gasteiger partial charge in [-0.2, -0.15) is 0 Å². The highest BCUT2D eigenvalue weighted by molar-refractivity contribution is 6.00. The molecule has 84 valence electrons. The number of allylic oxidation sites excluding steroid dienone is 1. The molecule has 2 rings (SSSR count). The van der Waals surface area contributed by atoms with Crippen LogP contribution in [0, 0.1) is 11.7 Å². The maximum absolute atomic E-state index is 12.7. The van der Waals surface area contributed by atoms with Gasteiger partial charge in [-0.05, 0) is 36.8 Å². The first-order valence-corrected chi connectivity index (χ1v) is 5.32. The molecule has 0 fully saturated rings. The van der Waals surface area contributed by atoms with E-state index < -0.39 is 0 Å². The summed E-state index contributed by atoms with van der Waals surface area (Å²) in [5.74, 6) is -0.127. The maximum atomic E-state index is 12.7. The average molecular weight is 219 g/mol. The molecule has 0 amide bonds. The molecule has 1 aromatic rings. The van der Waals surface area contributed by atoms with Gasteiger partial charge in [0, 0.05) is 11.6 Å². The molecule has 2 nitrogen and oxygen atoms in total. The van der Waals surface area contributed by atoms with Gasteiger partial charge in [-0.1, -0.05) is 13.0 Å². The van der Waals surface area contributed by atoms with Crippen LogP contribution < -0.4 is 5.32 Å². The number of halogens is 1. The van der Waals surface area contributed by atoms with E-state index in [9.17, 15) is 9.18 Å². The Labute approximate surface area is 94.2 Å². The fourth-order valence-electron chi connectivity index (χ4n) is 1.92. The number of carbonyl (C=O) groups is 1. The minimum Gasteiger partial charge on any atom is -0.378 e. The number of nitrogens with one attached hydrogen (secondary N) is 1. The van der Waals surface area contributed by atoms with Crippen LogP contribution in [0.5, 0.6) is 0 Å². The van der Waals surface area contributed by atoms with E-state index in [0.717, 1.165) is 11.3 Å². The molecule has 2 atom stereocenters. The van der Waals surface area contributed by atoms with Crippen LogP contribution in [-0.4, -0.2) is 11.8 Å². The highest BCUT2D eigenvalue weighted by Gasteiger charge is 2.29. The van der Waals surface area contributed by atoms with E-state index in [1.165, 1.54) is 12.1 Å². The third-order valence-electron chi connectivity index (χ3n) is 2.95. The predicted molar refractivity (Wildman–Crippen MR) is 61.7 cm³/mol. The van der Waals surface area contributed by atoms with E-state index >= 15 is 0 Å². The molecule has 0 unspecified atom stereocenters. The Morgan fingerprint density at radius 3 is 2.38 bits per heavy atom. The van der Waals surface area contributed by atoms with Gasteiger partial charge >= 0.3 is 0 Å². The van der Waals surface area contributed by atoms with Crippen molar-refractivity contribution >= 4 is 11.5 Å². The quantitative estimate of drug-likeness (QED) is 0.828. The highest BCUT2D eigenvalue weighted by Crippen LogP contribution is 2.24. The Kier molecular flexibility index (Phi) is 2.77. The minimum atomic E-state index is -0.257. The molecule has 1 aromatic carbocycles. The Balaban J connectivity index is 2.11. The molecule has 1 aliphatic rings. The molecular formula is C13H14FNO. The van der Waals surface area contributed by atoms with Crippen LogP contribution in [0.1, 0.15) is 13.8 Å². The van der Waals surface area contributed by atoms with Gasteiger partial charge in [-0.15, -0.1) is 0 Å². The lowest BCUT2D eigenvalue weighted by molar-refractivity contribution is -0.117. The predicted octanol–water partition coefficient (Wildman–Crippen LogP) is 2.77. The molecule has 0 aromatic heterocycles. The smallest absolute Gasteiger partial charge is 0.163 e. The second-order valence-corrected chi connectivity index (χ2v) is 4.18. The van der Waals surface area contributed by atoms with Crippen molar-refractivity contribution in [2.24, 2.45) is 5.92 Å². The van der Waals surface area contributed by atoms with Crippen LogP contribution in [0.25, 0.3) is 0 Å². The first-order valence-electron chi connectivity index (χ1n) is 5.32. The van der Waals surface area contributed by atoms with Crippen molar-refractivity contribution < 1.29 is 9.18 Å².